The molecule has 46 heavy (non-hydrogen) atoms. The van der Waals surface area contributed by atoms with Gasteiger partial charge in [-0.25, -0.2) is 0 Å². The van der Waals surface area contributed by atoms with E-state index < -0.39 is 5.66 Å². The molecule has 1 spiro atoms. The first-order valence-electron chi connectivity index (χ1n) is 15.9. The second-order valence-corrected chi connectivity index (χ2v) is 12.7. The van der Waals surface area contributed by atoms with Gasteiger partial charge in [0.2, 0.25) is 5.69 Å². The first-order valence-corrected chi connectivity index (χ1v) is 15.9. The highest BCUT2D eigenvalue weighted by Crippen LogP contribution is 2.56. The van der Waals surface area contributed by atoms with Crippen LogP contribution in [-0.4, -0.2) is 9.25 Å². The first kappa shape index (κ1) is 24.4. The van der Waals surface area contributed by atoms with Crippen LogP contribution in [-0.2, 0) is 5.66 Å². The Balaban J connectivity index is 1.29. The highest BCUT2D eigenvalue weighted by atomic mass is 16.5. The third-order valence-electron chi connectivity index (χ3n) is 10.5. The number of aromatic nitrogens is 4. The lowest BCUT2D eigenvalue weighted by atomic mass is 9.84. The van der Waals surface area contributed by atoms with Gasteiger partial charge in [0, 0.05) is 23.8 Å². The minimum absolute atomic E-state index is 0.683. The Kier molecular flexibility index (Phi) is 4.35. The van der Waals surface area contributed by atoms with E-state index in [1.165, 1.54) is 66.6 Å². The smallest absolute Gasteiger partial charge is 0.397 e. The summed E-state index contributed by atoms with van der Waals surface area (Å²) in [7, 11) is 0. The summed E-state index contributed by atoms with van der Waals surface area (Å²) >= 11 is 0. The second kappa shape index (κ2) is 8.20. The topological polar surface area (TPSA) is 26.8 Å². The van der Waals surface area contributed by atoms with E-state index in [1.807, 2.05) is 0 Å². The van der Waals surface area contributed by atoms with E-state index in [1.54, 1.807) is 0 Å². The van der Waals surface area contributed by atoms with Gasteiger partial charge < -0.3 is 4.74 Å². The summed E-state index contributed by atoms with van der Waals surface area (Å²) in [5.41, 5.74) is 12.6. The molecule has 0 fully saturated rings. The number of hydrogen-bond donors (Lipinski definition) is 0. The SMILES string of the molecule is Cc1c(-c2ccc(-c3ccccc3)cc2)c(C)[n+]2n1-c1cccc3c1C21c2c(ccc4c5ccccc5n(c24)-c2cccc[n+]21)O3. The van der Waals surface area contributed by atoms with E-state index in [-0.39, 0.29) is 0 Å². The van der Waals surface area contributed by atoms with Gasteiger partial charge in [0.05, 0.1) is 17.5 Å². The van der Waals surface area contributed by atoms with Crippen molar-refractivity contribution >= 4 is 21.8 Å². The van der Waals surface area contributed by atoms with Crippen LogP contribution in [0.4, 0.5) is 0 Å². The van der Waals surface area contributed by atoms with Crippen LogP contribution in [0.15, 0.2) is 134 Å². The molecule has 5 aromatic carbocycles. The molecule has 1 atom stereocenters. The number of hydrogen-bond acceptors (Lipinski definition) is 1. The first-order chi connectivity index (χ1) is 22.7. The second-order valence-electron chi connectivity index (χ2n) is 12.7. The molecule has 8 aromatic rings. The van der Waals surface area contributed by atoms with Crippen molar-refractivity contribution in [2.45, 2.75) is 19.5 Å². The lowest BCUT2D eigenvalue weighted by Gasteiger charge is -2.33. The average Bonchev–Trinajstić information content (AvgIpc) is 3.70. The molecule has 11 rings (SSSR count). The molecule has 3 aromatic heterocycles. The van der Waals surface area contributed by atoms with Crippen molar-refractivity contribution in [2.24, 2.45) is 0 Å². The number of ether oxygens (including phenoxy) is 1. The largest absolute Gasteiger partial charge is 0.456 e. The summed E-state index contributed by atoms with van der Waals surface area (Å²) in [6, 6.07) is 45.9. The van der Waals surface area contributed by atoms with E-state index >= 15 is 0 Å². The van der Waals surface area contributed by atoms with Gasteiger partial charge in [0.1, 0.15) is 28.3 Å². The van der Waals surface area contributed by atoms with Crippen molar-refractivity contribution < 1.29 is 14.0 Å². The number of benzene rings is 5. The van der Waals surface area contributed by atoms with Crippen LogP contribution in [0.2, 0.25) is 0 Å². The normalized spacial score (nSPS) is 16.3. The molecule has 0 bridgehead atoms. The standard InChI is InChI=1S/C41H28N4O/c1-25-37(29-20-18-28(19-21-29)27-11-4-3-5-12-27)26(2)45-41-38-33(44(25)45)15-10-16-34(38)46-35-23-22-31-30-13-6-7-14-32(30)43(40(31)39(35)41)36-17-8-9-24-42(36)41/h3-24H,1-2H3/q+2. The lowest BCUT2D eigenvalue weighted by Crippen LogP contribution is -2.77. The molecule has 3 aliphatic heterocycles. The van der Waals surface area contributed by atoms with Crippen molar-refractivity contribution in [3.8, 4) is 45.3 Å². The number of nitrogens with zero attached hydrogens (tertiary/aromatic N) is 4. The molecule has 216 valence electrons. The zero-order valence-corrected chi connectivity index (χ0v) is 25.4. The molecule has 5 heteroatoms. The minimum atomic E-state index is -0.683. The van der Waals surface area contributed by atoms with Crippen LogP contribution >= 0.6 is 0 Å². The van der Waals surface area contributed by atoms with Gasteiger partial charge in [-0.1, -0.05) is 83.5 Å². The summed E-state index contributed by atoms with van der Waals surface area (Å²) < 4.78 is 16.7. The van der Waals surface area contributed by atoms with Gasteiger partial charge >= 0.3 is 5.66 Å². The van der Waals surface area contributed by atoms with Gasteiger partial charge in [-0.15, -0.1) is 4.68 Å². The molecule has 0 aliphatic carbocycles. The van der Waals surface area contributed by atoms with Crippen molar-refractivity contribution in [1.82, 2.24) is 9.25 Å². The Morgan fingerprint density at radius 1 is 0.609 bits per heavy atom. The molecule has 1 unspecified atom stereocenters. The molecule has 6 heterocycles. The number of fused-ring (bicyclic) bond motifs is 7. The Morgan fingerprint density at radius 2 is 1.35 bits per heavy atom. The maximum Gasteiger partial charge on any atom is 0.397 e. The molecule has 3 aliphatic rings. The van der Waals surface area contributed by atoms with Gasteiger partial charge in [-0.2, -0.15) is 9.13 Å². The predicted molar refractivity (Wildman–Crippen MR) is 179 cm³/mol. The van der Waals surface area contributed by atoms with E-state index in [9.17, 15) is 0 Å². The Hall–Kier alpha value is -5.94. The monoisotopic (exact) mass is 592 g/mol. The van der Waals surface area contributed by atoms with Gasteiger partial charge in [-0.05, 0) is 66.1 Å². The van der Waals surface area contributed by atoms with Crippen molar-refractivity contribution in [2.75, 3.05) is 0 Å². The van der Waals surface area contributed by atoms with Crippen LogP contribution in [0.1, 0.15) is 22.5 Å². The average molecular weight is 593 g/mol. The summed E-state index contributed by atoms with van der Waals surface area (Å²) in [5.74, 6) is 2.94. The van der Waals surface area contributed by atoms with E-state index in [0.29, 0.717) is 0 Å². The van der Waals surface area contributed by atoms with Crippen LogP contribution < -0.4 is 14.0 Å². The summed E-state index contributed by atoms with van der Waals surface area (Å²) in [6.45, 7) is 4.54. The Morgan fingerprint density at radius 3 is 2.22 bits per heavy atom. The molecule has 0 N–H and O–H groups in total. The maximum absolute atomic E-state index is 6.84. The van der Waals surface area contributed by atoms with E-state index in [4.69, 9.17) is 4.74 Å². The molecule has 0 saturated carbocycles. The van der Waals surface area contributed by atoms with Gasteiger partial charge in [0.25, 0.3) is 5.82 Å². The molecule has 0 radical (unpaired) electrons. The molecule has 0 amide bonds. The number of para-hydroxylation sites is 1. The zero-order valence-electron chi connectivity index (χ0n) is 25.4. The fraction of sp³-hybridized carbons (Fsp3) is 0.0732. The third-order valence-corrected chi connectivity index (χ3v) is 10.5. The van der Waals surface area contributed by atoms with Crippen molar-refractivity contribution in [1.29, 1.82) is 0 Å². The highest BCUT2D eigenvalue weighted by Gasteiger charge is 2.69. The third kappa shape index (κ3) is 2.63. The fourth-order valence-corrected chi connectivity index (χ4v) is 8.85. The Labute approximate surface area is 265 Å². The van der Waals surface area contributed by atoms with E-state index in [0.717, 1.165) is 23.0 Å². The molecule has 0 saturated heterocycles. The lowest BCUT2D eigenvalue weighted by molar-refractivity contribution is -0.995. The molecular formula is C41H28N4O+2. The quantitative estimate of drug-likeness (QED) is 0.186. The Bertz CT molecular complexity index is 2630. The number of rotatable bonds is 2. The van der Waals surface area contributed by atoms with Gasteiger partial charge in [0.15, 0.2) is 11.1 Å². The number of pyridine rings is 1. The van der Waals surface area contributed by atoms with Crippen LogP contribution in [0.3, 0.4) is 0 Å². The molecular weight excluding hydrogens is 564 g/mol. The fourth-order valence-electron chi connectivity index (χ4n) is 8.85. The summed E-state index contributed by atoms with van der Waals surface area (Å²) in [4.78, 5) is 0. The van der Waals surface area contributed by atoms with Crippen molar-refractivity contribution in [3.05, 3.63) is 156 Å². The van der Waals surface area contributed by atoms with Crippen molar-refractivity contribution in [3.63, 3.8) is 0 Å². The van der Waals surface area contributed by atoms with Crippen LogP contribution in [0, 0.1) is 13.8 Å². The predicted octanol–water partition coefficient (Wildman–Crippen LogP) is 8.13. The summed E-state index contributed by atoms with van der Waals surface area (Å²) in [6.07, 6.45) is 2.25. The van der Waals surface area contributed by atoms with Crippen LogP contribution in [0.25, 0.3) is 55.6 Å². The minimum Gasteiger partial charge on any atom is -0.456 e. The van der Waals surface area contributed by atoms with E-state index in [2.05, 4.69) is 166 Å². The highest BCUT2D eigenvalue weighted by molar-refractivity contribution is 6.11. The maximum atomic E-state index is 6.84. The van der Waals surface area contributed by atoms with Gasteiger partial charge in [-0.3, -0.25) is 0 Å². The molecule has 5 nitrogen and oxygen atoms in total. The zero-order chi connectivity index (χ0) is 30.3. The summed E-state index contributed by atoms with van der Waals surface area (Å²) in [5, 5.41) is 2.49. The van der Waals surface area contributed by atoms with Crippen LogP contribution in [0.5, 0.6) is 11.5 Å².